The van der Waals surface area contributed by atoms with E-state index in [4.69, 9.17) is 4.98 Å². The highest BCUT2D eigenvalue weighted by atomic mass is 15.3. The maximum absolute atomic E-state index is 4.70. The molecule has 1 aliphatic rings. The van der Waals surface area contributed by atoms with Gasteiger partial charge in [0.2, 0.25) is 5.95 Å². The van der Waals surface area contributed by atoms with Gasteiger partial charge < -0.3 is 10.2 Å². The molecule has 0 bridgehead atoms. The van der Waals surface area contributed by atoms with E-state index in [9.17, 15) is 0 Å². The summed E-state index contributed by atoms with van der Waals surface area (Å²) < 4.78 is 0. The summed E-state index contributed by atoms with van der Waals surface area (Å²) in [4.78, 5) is 14.1. The first-order valence-electron chi connectivity index (χ1n) is 8.14. The van der Waals surface area contributed by atoms with Crippen LogP contribution in [0, 0.1) is 6.92 Å². The van der Waals surface area contributed by atoms with Crippen molar-refractivity contribution in [3.8, 4) is 0 Å². The highest BCUT2D eigenvalue weighted by Crippen LogP contribution is 2.14. The molecule has 0 aliphatic carbocycles. The molecule has 0 amide bonds. The van der Waals surface area contributed by atoms with Gasteiger partial charge in [-0.2, -0.15) is 0 Å². The zero-order valence-corrected chi connectivity index (χ0v) is 13.9. The Morgan fingerprint density at radius 3 is 2.52 bits per heavy atom. The third kappa shape index (κ3) is 4.38. The molecule has 1 saturated heterocycles. The molecule has 0 radical (unpaired) electrons. The molecule has 0 aromatic carbocycles. The second-order valence-electron chi connectivity index (χ2n) is 6.07. The second-order valence-corrected chi connectivity index (χ2v) is 6.07. The largest absolute Gasteiger partial charge is 0.338 e. The summed E-state index contributed by atoms with van der Waals surface area (Å²) in [5.41, 5.74) is 2.29. The number of nitrogens with zero attached hydrogens (tertiary/aromatic N) is 4. The van der Waals surface area contributed by atoms with Crippen molar-refractivity contribution in [1.82, 2.24) is 20.2 Å². The Kier molecular flexibility index (Phi) is 5.94. The van der Waals surface area contributed by atoms with Crippen molar-refractivity contribution in [2.45, 2.75) is 46.7 Å². The van der Waals surface area contributed by atoms with Crippen LogP contribution in [0.25, 0.3) is 0 Å². The number of rotatable bonds is 6. The Morgan fingerprint density at radius 1 is 1.24 bits per heavy atom. The Labute approximate surface area is 128 Å². The van der Waals surface area contributed by atoms with Crippen molar-refractivity contribution >= 4 is 5.95 Å². The van der Waals surface area contributed by atoms with Crippen LogP contribution in [0.15, 0.2) is 6.20 Å². The van der Waals surface area contributed by atoms with E-state index in [-0.39, 0.29) is 0 Å². The highest BCUT2D eigenvalue weighted by Gasteiger charge is 2.20. The smallest absolute Gasteiger partial charge is 0.225 e. The van der Waals surface area contributed by atoms with Gasteiger partial charge in [0.25, 0.3) is 0 Å². The first kappa shape index (κ1) is 16.2. The zero-order valence-electron chi connectivity index (χ0n) is 13.9. The molecule has 2 rings (SSSR count). The fourth-order valence-corrected chi connectivity index (χ4v) is 2.64. The minimum Gasteiger partial charge on any atom is -0.338 e. The molecular weight excluding hydrogens is 262 g/mol. The monoisotopic (exact) mass is 291 g/mol. The van der Waals surface area contributed by atoms with Crippen molar-refractivity contribution < 1.29 is 0 Å². The predicted molar refractivity (Wildman–Crippen MR) is 87.7 cm³/mol. The summed E-state index contributed by atoms with van der Waals surface area (Å²) >= 11 is 0. The Bertz CT molecular complexity index is 438. The van der Waals surface area contributed by atoms with E-state index in [1.807, 2.05) is 6.20 Å². The van der Waals surface area contributed by atoms with Gasteiger partial charge in [-0.05, 0) is 33.7 Å². The molecule has 0 spiro atoms. The van der Waals surface area contributed by atoms with Crippen molar-refractivity contribution in [2.75, 3.05) is 37.6 Å². The summed E-state index contributed by atoms with van der Waals surface area (Å²) in [6.07, 6.45) is 3.13. The SMILES string of the molecule is CCCNCc1cnc(N2CCN(C(C)C)CC2)nc1C. The van der Waals surface area contributed by atoms with Gasteiger partial charge in [-0.25, -0.2) is 9.97 Å². The van der Waals surface area contributed by atoms with Crippen LogP contribution >= 0.6 is 0 Å². The maximum Gasteiger partial charge on any atom is 0.225 e. The summed E-state index contributed by atoms with van der Waals surface area (Å²) in [5, 5.41) is 3.41. The lowest BCUT2D eigenvalue weighted by atomic mass is 10.2. The van der Waals surface area contributed by atoms with Gasteiger partial charge in [-0.15, -0.1) is 0 Å². The van der Waals surface area contributed by atoms with E-state index in [0.29, 0.717) is 6.04 Å². The Balaban J connectivity index is 1.94. The molecule has 0 atom stereocenters. The van der Waals surface area contributed by atoms with Gasteiger partial charge in [-0.1, -0.05) is 6.92 Å². The molecule has 5 nitrogen and oxygen atoms in total. The predicted octanol–water partition coefficient (Wildman–Crippen LogP) is 1.82. The summed E-state index contributed by atoms with van der Waals surface area (Å²) in [7, 11) is 0. The number of anilines is 1. The topological polar surface area (TPSA) is 44.3 Å². The van der Waals surface area contributed by atoms with E-state index in [1.165, 1.54) is 5.56 Å². The zero-order chi connectivity index (χ0) is 15.2. The molecule has 118 valence electrons. The average Bonchev–Trinajstić information content (AvgIpc) is 2.49. The van der Waals surface area contributed by atoms with Gasteiger partial charge in [0.1, 0.15) is 0 Å². The van der Waals surface area contributed by atoms with Crippen molar-refractivity contribution in [1.29, 1.82) is 0 Å². The summed E-state index contributed by atoms with van der Waals surface area (Å²) in [5.74, 6) is 0.884. The number of aromatic nitrogens is 2. The van der Waals surface area contributed by atoms with Crippen LogP contribution in [0.4, 0.5) is 5.95 Å². The second kappa shape index (κ2) is 7.71. The molecule has 21 heavy (non-hydrogen) atoms. The fourth-order valence-electron chi connectivity index (χ4n) is 2.64. The van der Waals surface area contributed by atoms with Crippen LogP contribution < -0.4 is 10.2 Å². The summed E-state index contributed by atoms with van der Waals surface area (Å²) in [6.45, 7) is 14.9. The number of nitrogens with one attached hydrogen (secondary N) is 1. The molecule has 1 aliphatic heterocycles. The molecule has 0 unspecified atom stereocenters. The standard InChI is InChI=1S/C16H29N5/c1-5-6-17-11-15-12-18-16(19-14(15)4)21-9-7-20(8-10-21)13(2)3/h12-13,17H,5-11H2,1-4H3. The van der Waals surface area contributed by atoms with E-state index < -0.39 is 0 Å². The third-order valence-corrected chi connectivity index (χ3v) is 4.14. The molecule has 1 N–H and O–H groups in total. The van der Waals surface area contributed by atoms with Crippen LogP contribution in [-0.2, 0) is 6.54 Å². The Hall–Kier alpha value is -1.20. The number of hydrogen-bond acceptors (Lipinski definition) is 5. The van der Waals surface area contributed by atoms with Crippen molar-refractivity contribution in [2.24, 2.45) is 0 Å². The normalized spacial score (nSPS) is 16.7. The summed E-state index contributed by atoms with van der Waals surface area (Å²) in [6, 6.07) is 0.627. The minimum absolute atomic E-state index is 0.627. The van der Waals surface area contributed by atoms with Crippen LogP contribution in [-0.4, -0.2) is 53.6 Å². The van der Waals surface area contributed by atoms with Gasteiger partial charge in [0, 0.05) is 56.2 Å². The third-order valence-electron chi connectivity index (χ3n) is 4.14. The van der Waals surface area contributed by atoms with E-state index >= 15 is 0 Å². The van der Waals surface area contributed by atoms with Crippen molar-refractivity contribution in [3.05, 3.63) is 17.5 Å². The lowest BCUT2D eigenvalue weighted by Gasteiger charge is -2.37. The van der Waals surface area contributed by atoms with E-state index in [1.54, 1.807) is 0 Å². The lowest BCUT2D eigenvalue weighted by Crippen LogP contribution is -2.49. The van der Waals surface area contributed by atoms with Crippen LogP contribution in [0.3, 0.4) is 0 Å². The van der Waals surface area contributed by atoms with Gasteiger partial charge in [-0.3, -0.25) is 4.90 Å². The molecule has 1 aromatic rings. The number of piperazine rings is 1. The van der Waals surface area contributed by atoms with Crippen molar-refractivity contribution in [3.63, 3.8) is 0 Å². The minimum atomic E-state index is 0.627. The number of aryl methyl sites for hydroxylation is 1. The van der Waals surface area contributed by atoms with Gasteiger partial charge in [0.15, 0.2) is 0 Å². The highest BCUT2D eigenvalue weighted by molar-refractivity contribution is 5.33. The Morgan fingerprint density at radius 2 is 1.95 bits per heavy atom. The lowest BCUT2D eigenvalue weighted by molar-refractivity contribution is 0.208. The molecule has 5 heteroatoms. The van der Waals surface area contributed by atoms with Crippen LogP contribution in [0.5, 0.6) is 0 Å². The van der Waals surface area contributed by atoms with E-state index in [2.05, 4.69) is 47.8 Å². The first-order chi connectivity index (χ1) is 10.1. The molecule has 2 heterocycles. The van der Waals surface area contributed by atoms with E-state index in [0.717, 1.165) is 57.3 Å². The molecular formula is C16H29N5. The molecule has 0 saturated carbocycles. The van der Waals surface area contributed by atoms with Crippen LogP contribution in [0.1, 0.15) is 38.4 Å². The quantitative estimate of drug-likeness (QED) is 0.810. The molecule has 1 aromatic heterocycles. The fraction of sp³-hybridized carbons (Fsp3) is 0.750. The number of hydrogen-bond donors (Lipinski definition) is 1. The first-order valence-corrected chi connectivity index (χ1v) is 8.14. The average molecular weight is 291 g/mol. The van der Waals surface area contributed by atoms with Gasteiger partial charge in [0.05, 0.1) is 0 Å². The maximum atomic E-state index is 4.70. The molecule has 1 fully saturated rings. The van der Waals surface area contributed by atoms with Crippen LogP contribution in [0.2, 0.25) is 0 Å². The van der Waals surface area contributed by atoms with Gasteiger partial charge >= 0.3 is 0 Å².